The number of carbonyl (C=O) groups excluding carboxylic acids is 1. The van der Waals surface area contributed by atoms with Crippen molar-refractivity contribution < 1.29 is 27.1 Å². The van der Waals surface area contributed by atoms with Crippen LogP contribution in [0.15, 0.2) is 12.3 Å². The van der Waals surface area contributed by atoms with Crippen molar-refractivity contribution in [1.29, 1.82) is 0 Å². The summed E-state index contributed by atoms with van der Waals surface area (Å²) in [6, 6.07) is -0.0101. The van der Waals surface area contributed by atoms with Gasteiger partial charge in [0.25, 0.3) is 5.87 Å². The number of benzene rings is 1. The number of halogens is 4. The Kier molecular flexibility index (Phi) is 3.77. The highest BCUT2D eigenvalue weighted by molar-refractivity contribution is 6.70. The standard InChI is InChI=1S/C9H2B2F4N3O2/c10-5-2-18(17-16-5)11-9(19)20-8-6(14)3(12)1-4(13)7(8)15/h1-2H. The fourth-order valence-electron chi connectivity index (χ4n) is 1.23. The largest absolute Gasteiger partial charge is 0.427 e. The number of nitrogens with zero attached hydrogens (tertiary/aromatic N) is 3. The molecule has 0 spiro atoms. The summed E-state index contributed by atoms with van der Waals surface area (Å²) in [6.45, 7) is 0. The predicted octanol–water partition coefficient (Wildman–Crippen LogP) is 0.295. The first-order valence-corrected chi connectivity index (χ1v) is 4.95. The Morgan fingerprint density at radius 3 is 2.35 bits per heavy atom. The van der Waals surface area contributed by atoms with Gasteiger partial charge in [-0.2, -0.15) is 8.78 Å². The van der Waals surface area contributed by atoms with E-state index in [0.717, 1.165) is 10.8 Å². The molecule has 2 aromatic rings. The number of rotatable bonds is 3. The molecule has 0 aliphatic rings. The molecule has 5 nitrogen and oxygen atoms in total. The smallest absolute Gasteiger partial charge is 0.422 e. The lowest BCUT2D eigenvalue weighted by molar-refractivity contribution is 0.218. The zero-order valence-electron chi connectivity index (χ0n) is 9.48. The number of hydrogen-bond donors (Lipinski definition) is 0. The quantitative estimate of drug-likeness (QED) is 0.461. The van der Waals surface area contributed by atoms with Crippen LogP contribution in [-0.2, 0) is 0 Å². The highest BCUT2D eigenvalue weighted by atomic mass is 19.2. The molecule has 20 heavy (non-hydrogen) atoms. The summed E-state index contributed by atoms with van der Waals surface area (Å²) in [5, 5.41) is 6.65. The molecule has 0 unspecified atom stereocenters. The van der Waals surface area contributed by atoms with Gasteiger partial charge in [-0.25, -0.2) is 8.78 Å². The van der Waals surface area contributed by atoms with Gasteiger partial charge in [0.2, 0.25) is 17.4 Å². The number of ether oxygens (including phenoxy) is 1. The van der Waals surface area contributed by atoms with Gasteiger partial charge >= 0.3 is 7.41 Å². The summed E-state index contributed by atoms with van der Waals surface area (Å²) in [7, 11) is 5.83. The Labute approximate surface area is 111 Å². The average molecular weight is 282 g/mol. The van der Waals surface area contributed by atoms with Crippen molar-refractivity contribution >= 4 is 26.7 Å². The monoisotopic (exact) mass is 282 g/mol. The Balaban J connectivity index is 2.20. The lowest BCUT2D eigenvalue weighted by Gasteiger charge is -2.07. The molecule has 0 bridgehead atoms. The lowest BCUT2D eigenvalue weighted by Crippen LogP contribution is -2.24. The molecule has 0 N–H and O–H groups in total. The Bertz CT molecular complexity index is 653. The molecular weight excluding hydrogens is 280 g/mol. The van der Waals surface area contributed by atoms with Gasteiger partial charge < -0.3 is 4.74 Å². The van der Waals surface area contributed by atoms with Crippen molar-refractivity contribution in [2.45, 2.75) is 0 Å². The van der Waals surface area contributed by atoms with Crippen molar-refractivity contribution in [2.75, 3.05) is 0 Å². The van der Waals surface area contributed by atoms with Crippen LogP contribution in [0.1, 0.15) is 0 Å². The minimum absolute atomic E-state index is 0.0101. The van der Waals surface area contributed by atoms with E-state index in [0.29, 0.717) is 7.41 Å². The molecule has 0 aliphatic heterocycles. The molecule has 0 fully saturated rings. The van der Waals surface area contributed by atoms with Crippen LogP contribution < -0.4 is 10.3 Å². The van der Waals surface area contributed by atoms with Gasteiger partial charge in [0.05, 0.1) is 0 Å². The van der Waals surface area contributed by atoms with Gasteiger partial charge in [-0.15, -0.1) is 5.10 Å². The molecule has 0 saturated carbocycles. The maximum absolute atomic E-state index is 13.2. The van der Waals surface area contributed by atoms with Crippen LogP contribution in [0.3, 0.4) is 0 Å². The fourth-order valence-corrected chi connectivity index (χ4v) is 1.23. The van der Waals surface area contributed by atoms with Gasteiger partial charge in [-0.05, 0) is 0 Å². The van der Waals surface area contributed by atoms with E-state index >= 15 is 0 Å². The minimum atomic E-state index is -1.83. The predicted molar refractivity (Wildman–Crippen MR) is 58.9 cm³/mol. The molecule has 11 heteroatoms. The van der Waals surface area contributed by atoms with E-state index < -0.39 is 34.9 Å². The van der Waals surface area contributed by atoms with Crippen LogP contribution in [0.5, 0.6) is 5.75 Å². The van der Waals surface area contributed by atoms with E-state index in [1.54, 1.807) is 0 Å². The summed E-state index contributed by atoms with van der Waals surface area (Å²) in [4.78, 5) is 11.3. The zero-order valence-corrected chi connectivity index (χ0v) is 9.48. The fraction of sp³-hybridized carbons (Fsp3) is 0. The maximum atomic E-state index is 13.2. The first-order valence-electron chi connectivity index (χ1n) is 4.95. The van der Waals surface area contributed by atoms with Crippen molar-refractivity contribution in [1.82, 2.24) is 14.9 Å². The van der Waals surface area contributed by atoms with Crippen molar-refractivity contribution in [3.63, 3.8) is 0 Å². The molecule has 2 rings (SSSR count). The van der Waals surface area contributed by atoms with Gasteiger partial charge in [0.1, 0.15) is 7.85 Å². The summed E-state index contributed by atoms with van der Waals surface area (Å²) < 4.78 is 57.2. The molecule has 0 saturated heterocycles. The Morgan fingerprint density at radius 1 is 1.25 bits per heavy atom. The molecule has 1 aromatic carbocycles. The molecule has 1 heterocycles. The van der Waals surface area contributed by atoms with Crippen molar-refractivity contribution in [3.8, 4) is 5.75 Å². The van der Waals surface area contributed by atoms with Gasteiger partial charge in [0.15, 0.2) is 11.6 Å². The third kappa shape index (κ3) is 2.81. The normalized spacial score (nSPS) is 10.4. The molecule has 3 radical (unpaired) electrons. The van der Waals surface area contributed by atoms with Gasteiger partial charge in [-0.3, -0.25) is 9.39 Å². The van der Waals surface area contributed by atoms with Crippen LogP contribution in [0, 0.1) is 23.3 Å². The van der Waals surface area contributed by atoms with Crippen LogP contribution in [0.25, 0.3) is 0 Å². The molecular formula is C9H2B2F4N3O2. The summed E-state index contributed by atoms with van der Waals surface area (Å²) >= 11 is 0. The van der Waals surface area contributed by atoms with E-state index in [4.69, 9.17) is 7.85 Å². The number of aromatic nitrogens is 3. The van der Waals surface area contributed by atoms with E-state index in [-0.39, 0.29) is 11.7 Å². The molecule has 0 atom stereocenters. The second kappa shape index (κ2) is 5.35. The first-order chi connectivity index (χ1) is 9.38. The third-order valence-corrected chi connectivity index (χ3v) is 2.04. The second-order valence-electron chi connectivity index (χ2n) is 3.47. The topological polar surface area (TPSA) is 57.0 Å². The summed E-state index contributed by atoms with van der Waals surface area (Å²) in [5.74, 6) is -9.88. The van der Waals surface area contributed by atoms with Crippen LogP contribution in [0.2, 0.25) is 0 Å². The maximum Gasteiger partial charge on any atom is 0.422 e. The van der Waals surface area contributed by atoms with Gasteiger partial charge in [0, 0.05) is 17.9 Å². The Hall–Kier alpha value is -2.32. The lowest BCUT2D eigenvalue weighted by atomic mass is 9.95. The minimum Gasteiger partial charge on any atom is -0.427 e. The van der Waals surface area contributed by atoms with Crippen LogP contribution in [-0.4, -0.2) is 36.0 Å². The molecule has 0 aliphatic carbocycles. The van der Waals surface area contributed by atoms with E-state index in [2.05, 4.69) is 15.0 Å². The van der Waals surface area contributed by atoms with E-state index in [1.807, 2.05) is 0 Å². The zero-order chi connectivity index (χ0) is 14.9. The molecule has 0 amide bonds. The molecule has 99 valence electrons. The average Bonchev–Trinajstić information content (AvgIpc) is 2.77. The Morgan fingerprint density at radius 2 is 1.85 bits per heavy atom. The highest BCUT2D eigenvalue weighted by Crippen LogP contribution is 2.26. The summed E-state index contributed by atoms with van der Waals surface area (Å²) in [5.41, 5.74) is -0.0248. The van der Waals surface area contributed by atoms with E-state index in [1.165, 1.54) is 0 Å². The number of carbonyl (C=O) groups is 1. The first kappa shape index (κ1) is 14.1. The summed E-state index contributed by atoms with van der Waals surface area (Å²) in [6.07, 6.45) is 1.10. The third-order valence-electron chi connectivity index (χ3n) is 2.04. The van der Waals surface area contributed by atoms with E-state index in [9.17, 15) is 22.4 Å². The van der Waals surface area contributed by atoms with Crippen molar-refractivity contribution in [2.24, 2.45) is 0 Å². The van der Waals surface area contributed by atoms with Crippen LogP contribution in [0.4, 0.5) is 22.4 Å². The van der Waals surface area contributed by atoms with Gasteiger partial charge in [-0.1, -0.05) is 5.21 Å². The second-order valence-corrected chi connectivity index (χ2v) is 3.47. The SMILES string of the molecule is [B]c1cn([B]C(=O)Oc2c(F)c(F)cc(F)c2F)nn1. The number of hydrogen-bond acceptors (Lipinski definition) is 4. The highest BCUT2D eigenvalue weighted by Gasteiger charge is 2.23. The van der Waals surface area contributed by atoms with Crippen LogP contribution >= 0.6 is 0 Å². The van der Waals surface area contributed by atoms with Crippen molar-refractivity contribution in [3.05, 3.63) is 35.5 Å². The molecule has 1 aromatic heterocycles.